The lowest BCUT2D eigenvalue weighted by Gasteiger charge is -2.09. The average molecular weight is 463 g/mol. The molecule has 1 rings (SSSR count). The van der Waals surface area contributed by atoms with E-state index >= 15 is 0 Å². The zero-order valence-electron chi connectivity index (χ0n) is 20.4. The van der Waals surface area contributed by atoms with Gasteiger partial charge in [-0.3, -0.25) is 9.59 Å². The Labute approximate surface area is 194 Å². The van der Waals surface area contributed by atoms with E-state index in [4.69, 9.17) is 23.7 Å². The van der Waals surface area contributed by atoms with Crippen LogP contribution in [0.1, 0.15) is 77.6 Å². The topological polar surface area (TPSA) is 89.5 Å². The van der Waals surface area contributed by atoms with Crippen molar-refractivity contribution in [1.82, 2.24) is 0 Å². The first-order valence-electron chi connectivity index (χ1n) is 12.2. The van der Waals surface area contributed by atoms with E-state index in [1.807, 2.05) is 0 Å². The maximum Gasteiger partial charge on any atom is 0.317 e. The minimum atomic E-state index is -0.543. The van der Waals surface area contributed by atoms with E-state index in [0.717, 1.165) is 12.8 Å². The van der Waals surface area contributed by atoms with Gasteiger partial charge >= 0.3 is 11.9 Å². The fourth-order valence-corrected chi connectivity index (χ4v) is 2.90. The molecular weight excluding hydrogens is 416 g/mol. The zero-order chi connectivity index (χ0) is 23.5. The summed E-state index contributed by atoms with van der Waals surface area (Å²) in [5.74, 6) is -1.04. The first-order valence-corrected chi connectivity index (χ1v) is 12.2. The number of carbonyl (C=O) groups is 2. The normalized spacial score (nSPS) is 15.4. The van der Waals surface area contributed by atoms with Gasteiger partial charge < -0.3 is 28.4 Å². The van der Waals surface area contributed by atoms with E-state index in [1.54, 1.807) is 0 Å². The van der Waals surface area contributed by atoms with Crippen molar-refractivity contribution in [1.29, 1.82) is 0 Å². The van der Waals surface area contributed by atoms with Crippen molar-refractivity contribution in [3.05, 3.63) is 0 Å². The van der Waals surface area contributed by atoms with Crippen molar-refractivity contribution in [2.45, 2.75) is 77.6 Å². The van der Waals surface area contributed by atoms with Crippen molar-refractivity contribution in [3.63, 3.8) is 0 Å². The summed E-state index contributed by atoms with van der Waals surface area (Å²) in [6.45, 7) is 7.78. The molecule has 0 aromatic carbocycles. The van der Waals surface area contributed by atoms with Gasteiger partial charge in [-0.25, -0.2) is 0 Å². The number of esters is 2. The largest absolute Gasteiger partial charge is 0.469 e. The molecule has 190 valence electrons. The Kier molecular flexibility index (Phi) is 25.0. The monoisotopic (exact) mass is 462 g/mol. The standard InChI is InChI=1S/C16H30O4.C8H16O4/c1-3-4-5-6-7-8-9-10-11-12-13-20-16(18)14-15(17)19-2;1-2-10-5-6-12-8-7-11-4-3-9-1/h3-14H2,1-2H3;1-8H2. The van der Waals surface area contributed by atoms with Crippen molar-refractivity contribution in [2.75, 3.05) is 66.6 Å². The molecule has 1 fully saturated rings. The molecule has 0 bridgehead atoms. The van der Waals surface area contributed by atoms with Crippen LogP contribution in [0.2, 0.25) is 0 Å². The van der Waals surface area contributed by atoms with Gasteiger partial charge in [0.15, 0.2) is 0 Å². The van der Waals surface area contributed by atoms with Gasteiger partial charge in [0, 0.05) is 0 Å². The third kappa shape index (κ3) is 25.0. The lowest BCUT2D eigenvalue weighted by Crippen LogP contribution is -2.16. The smallest absolute Gasteiger partial charge is 0.317 e. The second kappa shape index (κ2) is 26.0. The molecule has 0 aliphatic carbocycles. The molecule has 0 aromatic rings. The molecule has 8 nitrogen and oxygen atoms in total. The Morgan fingerprint density at radius 1 is 0.594 bits per heavy atom. The molecule has 32 heavy (non-hydrogen) atoms. The lowest BCUT2D eigenvalue weighted by molar-refractivity contribution is -0.153. The van der Waals surface area contributed by atoms with E-state index in [9.17, 15) is 9.59 Å². The van der Waals surface area contributed by atoms with Gasteiger partial charge in [0.05, 0.1) is 66.6 Å². The van der Waals surface area contributed by atoms with Crippen LogP contribution in [-0.2, 0) is 38.0 Å². The minimum Gasteiger partial charge on any atom is -0.469 e. The second-order valence-corrected chi connectivity index (χ2v) is 7.60. The first kappa shape index (κ1) is 30.8. The highest BCUT2D eigenvalue weighted by molar-refractivity contribution is 5.91. The van der Waals surface area contributed by atoms with Crippen LogP contribution < -0.4 is 0 Å². The maximum atomic E-state index is 11.1. The predicted molar refractivity (Wildman–Crippen MR) is 123 cm³/mol. The number of methoxy groups -OCH3 is 1. The first-order chi connectivity index (χ1) is 15.7. The van der Waals surface area contributed by atoms with Crippen LogP contribution in [0.3, 0.4) is 0 Å². The third-order valence-corrected chi connectivity index (χ3v) is 4.77. The minimum absolute atomic E-state index is 0.283. The summed E-state index contributed by atoms with van der Waals surface area (Å²) in [4.78, 5) is 22.0. The SMILES string of the molecule is C1COCCOCCOCCO1.CCCCCCCCCCCCOC(=O)CC(=O)OC. The van der Waals surface area contributed by atoms with E-state index in [2.05, 4.69) is 11.7 Å². The van der Waals surface area contributed by atoms with E-state index < -0.39 is 11.9 Å². The Balaban J connectivity index is 0.000000677. The van der Waals surface area contributed by atoms with Crippen LogP contribution in [0.4, 0.5) is 0 Å². The van der Waals surface area contributed by atoms with Crippen LogP contribution in [0.25, 0.3) is 0 Å². The van der Waals surface area contributed by atoms with Crippen LogP contribution in [-0.4, -0.2) is 78.5 Å². The Morgan fingerprint density at radius 3 is 1.34 bits per heavy atom. The summed E-state index contributed by atoms with van der Waals surface area (Å²) in [7, 11) is 1.26. The molecule has 0 spiro atoms. The molecule has 1 saturated heterocycles. The fourth-order valence-electron chi connectivity index (χ4n) is 2.90. The van der Waals surface area contributed by atoms with E-state index in [0.29, 0.717) is 59.5 Å². The molecule has 1 aliphatic heterocycles. The number of rotatable bonds is 13. The molecule has 0 amide bonds. The highest BCUT2D eigenvalue weighted by Gasteiger charge is 2.09. The molecule has 0 N–H and O–H groups in total. The molecule has 0 aromatic heterocycles. The summed E-state index contributed by atoms with van der Waals surface area (Å²) in [5, 5.41) is 0. The average Bonchev–Trinajstić information content (AvgIpc) is 2.78. The number of unbranched alkanes of at least 4 members (excludes halogenated alkanes) is 9. The van der Waals surface area contributed by atoms with Crippen LogP contribution in [0, 0.1) is 0 Å². The Bertz CT molecular complexity index is 374. The second-order valence-electron chi connectivity index (χ2n) is 7.60. The van der Waals surface area contributed by atoms with Crippen LogP contribution in [0.5, 0.6) is 0 Å². The predicted octanol–water partition coefficient (Wildman–Crippen LogP) is 4.08. The molecule has 0 unspecified atom stereocenters. The van der Waals surface area contributed by atoms with Crippen molar-refractivity contribution >= 4 is 11.9 Å². The van der Waals surface area contributed by atoms with Gasteiger partial charge in [-0.1, -0.05) is 64.7 Å². The number of carbonyl (C=O) groups excluding carboxylic acids is 2. The van der Waals surface area contributed by atoms with Gasteiger partial charge in [-0.15, -0.1) is 0 Å². The van der Waals surface area contributed by atoms with Crippen LogP contribution >= 0.6 is 0 Å². The van der Waals surface area contributed by atoms with Gasteiger partial charge in [0.1, 0.15) is 6.42 Å². The molecule has 1 heterocycles. The summed E-state index contributed by atoms with van der Waals surface area (Å²) < 4.78 is 30.2. The molecule has 8 heteroatoms. The van der Waals surface area contributed by atoms with Crippen molar-refractivity contribution < 1.29 is 38.0 Å². The van der Waals surface area contributed by atoms with E-state index in [1.165, 1.54) is 58.5 Å². The summed E-state index contributed by atoms with van der Waals surface area (Å²) >= 11 is 0. The van der Waals surface area contributed by atoms with E-state index in [-0.39, 0.29) is 6.42 Å². The highest BCUT2D eigenvalue weighted by atomic mass is 16.6. The highest BCUT2D eigenvalue weighted by Crippen LogP contribution is 2.10. The molecule has 1 aliphatic rings. The molecular formula is C24H46O8. The molecule has 0 saturated carbocycles. The lowest BCUT2D eigenvalue weighted by atomic mass is 10.1. The summed E-state index contributed by atoms with van der Waals surface area (Å²) in [6, 6.07) is 0. The summed E-state index contributed by atoms with van der Waals surface area (Å²) in [5.41, 5.74) is 0. The number of hydrogen-bond acceptors (Lipinski definition) is 8. The Morgan fingerprint density at radius 2 is 0.969 bits per heavy atom. The van der Waals surface area contributed by atoms with Crippen LogP contribution in [0.15, 0.2) is 0 Å². The quantitative estimate of drug-likeness (QED) is 0.230. The maximum absolute atomic E-state index is 11.1. The van der Waals surface area contributed by atoms with Crippen molar-refractivity contribution in [3.8, 4) is 0 Å². The molecule has 0 radical (unpaired) electrons. The zero-order valence-corrected chi connectivity index (χ0v) is 20.4. The number of ether oxygens (including phenoxy) is 6. The summed E-state index contributed by atoms with van der Waals surface area (Å²) in [6.07, 6.45) is 12.2. The van der Waals surface area contributed by atoms with Gasteiger partial charge in [-0.05, 0) is 6.42 Å². The fraction of sp³-hybridized carbons (Fsp3) is 0.917. The van der Waals surface area contributed by atoms with Gasteiger partial charge in [0.2, 0.25) is 0 Å². The van der Waals surface area contributed by atoms with Gasteiger partial charge in [-0.2, -0.15) is 0 Å². The van der Waals surface area contributed by atoms with Gasteiger partial charge in [0.25, 0.3) is 0 Å². The Hall–Kier alpha value is -1.22. The molecule has 0 atom stereocenters. The number of hydrogen-bond donors (Lipinski definition) is 0. The third-order valence-electron chi connectivity index (χ3n) is 4.77. The van der Waals surface area contributed by atoms with Crippen molar-refractivity contribution in [2.24, 2.45) is 0 Å².